The van der Waals surface area contributed by atoms with E-state index in [2.05, 4.69) is 5.32 Å². The van der Waals surface area contributed by atoms with E-state index in [1.165, 1.54) is 11.8 Å². The largest absolute Gasteiger partial charge is 0.455 e. The fraction of sp³-hybridized carbons (Fsp3) is 0.167. The lowest BCUT2D eigenvalue weighted by Gasteiger charge is -2.08. The molecule has 6 heteroatoms. The zero-order valence-electron chi connectivity index (χ0n) is 13.1. The van der Waals surface area contributed by atoms with Crippen molar-refractivity contribution in [2.24, 2.45) is 0 Å². The highest BCUT2D eigenvalue weighted by molar-refractivity contribution is 8.00. The van der Waals surface area contributed by atoms with Crippen molar-refractivity contribution in [2.75, 3.05) is 17.7 Å². The van der Waals surface area contributed by atoms with Crippen molar-refractivity contribution < 1.29 is 14.3 Å². The zero-order valence-corrected chi connectivity index (χ0v) is 13.9. The first-order valence-corrected chi connectivity index (χ1v) is 8.21. The Morgan fingerprint density at radius 2 is 1.88 bits per heavy atom. The third-order valence-corrected chi connectivity index (χ3v) is 4.27. The van der Waals surface area contributed by atoms with Crippen LogP contribution >= 0.6 is 11.8 Å². The number of hydrogen-bond acceptors (Lipinski definition) is 5. The predicted molar refractivity (Wildman–Crippen MR) is 92.6 cm³/mol. The summed E-state index contributed by atoms with van der Waals surface area (Å²) in [7, 11) is 0. The van der Waals surface area contributed by atoms with Gasteiger partial charge < -0.3 is 10.1 Å². The number of rotatable bonds is 6. The number of esters is 1. The standard InChI is InChI=1S/C18H16N2O3S/c1-13-6-2-5-9-16(13)24-12-18(22)23-11-17(21)20-15-8-4-3-7-14(15)10-19/h2-9H,11-12H2,1H3,(H,20,21). The van der Waals surface area contributed by atoms with Crippen LogP contribution in [0.5, 0.6) is 0 Å². The van der Waals surface area contributed by atoms with Crippen molar-refractivity contribution in [1.82, 2.24) is 0 Å². The summed E-state index contributed by atoms with van der Waals surface area (Å²) in [4.78, 5) is 24.5. The van der Waals surface area contributed by atoms with E-state index in [1.54, 1.807) is 24.3 Å². The quantitative estimate of drug-likeness (QED) is 0.645. The average molecular weight is 340 g/mol. The number of amides is 1. The maximum atomic E-state index is 11.8. The minimum absolute atomic E-state index is 0.132. The summed E-state index contributed by atoms with van der Waals surface area (Å²) in [5.41, 5.74) is 1.84. The average Bonchev–Trinajstić information content (AvgIpc) is 2.59. The van der Waals surface area contributed by atoms with Crippen LogP contribution in [0.2, 0.25) is 0 Å². The van der Waals surface area contributed by atoms with Crippen LogP contribution in [0, 0.1) is 18.3 Å². The number of hydrogen-bond donors (Lipinski definition) is 1. The molecule has 0 radical (unpaired) electrons. The van der Waals surface area contributed by atoms with Gasteiger partial charge in [-0.3, -0.25) is 9.59 Å². The Bertz CT molecular complexity index is 784. The van der Waals surface area contributed by atoms with E-state index in [9.17, 15) is 9.59 Å². The molecular weight excluding hydrogens is 324 g/mol. The van der Waals surface area contributed by atoms with Crippen LogP contribution in [0.4, 0.5) is 5.69 Å². The van der Waals surface area contributed by atoms with E-state index in [0.29, 0.717) is 11.3 Å². The summed E-state index contributed by atoms with van der Waals surface area (Å²) in [6.45, 7) is 1.58. The number of nitrogens with zero attached hydrogens (tertiary/aromatic N) is 1. The Morgan fingerprint density at radius 1 is 1.17 bits per heavy atom. The third kappa shape index (κ3) is 5.14. The van der Waals surface area contributed by atoms with Gasteiger partial charge in [0.25, 0.3) is 5.91 Å². The second kappa shape index (κ2) is 8.75. The summed E-state index contributed by atoms with van der Waals surface area (Å²) in [6, 6.07) is 16.3. The van der Waals surface area contributed by atoms with Crippen molar-refractivity contribution in [2.45, 2.75) is 11.8 Å². The number of carbonyl (C=O) groups excluding carboxylic acids is 2. The van der Waals surface area contributed by atoms with E-state index in [4.69, 9.17) is 10.00 Å². The van der Waals surface area contributed by atoms with Crippen LogP contribution in [0.25, 0.3) is 0 Å². The van der Waals surface area contributed by atoms with Crippen molar-refractivity contribution in [3.8, 4) is 6.07 Å². The number of thioether (sulfide) groups is 1. The van der Waals surface area contributed by atoms with Crippen molar-refractivity contribution >= 4 is 29.3 Å². The lowest BCUT2D eigenvalue weighted by Crippen LogP contribution is -2.22. The lowest BCUT2D eigenvalue weighted by atomic mass is 10.2. The molecule has 1 N–H and O–H groups in total. The van der Waals surface area contributed by atoms with Gasteiger partial charge in [0.15, 0.2) is 6.61 Å². The fourth-order valence-corrected chi connectivity index (χ4v) is 2.75. The fourth-order valence-electron chi connectivity index (χ4n) is 1.92. The molecule has 0 aliphatic carbocycles. The van der Waals surface area contributed by atoms with Gasteiger partial charge in [0.2, 0.25) is 0 Å². The van der Waals surface area contributed by atoms with E-state index >= 15 is 0 Å². The maximum Gasteiger partial charge on any atom is 0.316 e. The molecule has 0 saturated carbocycles. The summed E-state index contributed by atoms with van der Waals surface area (Å²) < 4.78 is 4.96. The molecule has 0 heterocycles. The molecule has 1 amide bonds. The molecule has 0 bridgehead atoms. The molecule has 5 nitrogen and oxygen atoms in total. The molecule has 0 saturated heterocycles. The van der Waals surface area contributed by atoms with Crippen LogP contribution in [0.1, 0.15) is 11.1 Å². The summed E-state index contributed by atoms with van der Waals surface area (Å²) in [6.07, 6.45) is 0. The molecule has 2 aromatic carbocycles. The van der Waals surface area contributed by atoms with Gasteiger partial charge in [-0.25, -0.2) is 0 Å². The Labute approximate surface area is 144 Å². The maximum absolute atomic E-state index is 11.8. The molecule has 0 atom stereocenters. The number of nitriles is 1. The molecule has 0 fully saturated rings. The SMILES string of the molecule is Cc1ccccc1SCC(=O)OCC(=O)Nc1ccccc1C#N. The van der Waals surface area contributed by atoms with Crippen molar-refractivity contribution in [3.05, 3.63) is 59.7 Å². The number of para-hydroxylation sites is 1. The highest BCUT2D eigenvalue weighted by Crippen LogP contribution is 2.21. The van der Waals surface area contributed by atoms with Gasteiger partial charge in [-0.05, 0) is 30.7 Å². The van der Waals surface area contributed by atoms with Crippen molar-refractivity contribution in [3.63, 3.8) is 0 Å². The highest BCUT2D eigenvalue weighted by Gasteiger charge is 2.10. The third-order valence-electron chi connectivity index (χ3n) is 3.12. The van der Waals surface area contributed by atoms with E-state index in [-0.39, 0.29) is 12.4 Å². The first-order chi connectivity index (χ1) is 11.6. The summed E-state index contributed by atoms with van der Waals surface area (Å²) in [5.74, 6) is -0.814. The molecule has 0 spiro atoms. The van der Waals surface area contributed by atoms with E-state index < -0.39 is 11.9 Å². The Kier molecular flexibility index (Phi) is 6.41. The number of aryl methyl sites for hydroxylation is 1. The smallest absolute Gasteiger partial charge is 0.316 e. The van der Waals surface area contributed by atoms with Crippen LogP contribution in [-0.4, -0.2) is 24.2 Å². The van der Waals surface area contributed by atoms with Crippen LogP contribution in [0.15, 0.2) is 53.4 Å². The van der Waals surface area contributed by atoms with Gasteiger partial charge in [0.1, 0.15) is 6.07 Å². The Morgan fingerprint density at radius 3 is 2.62 bits per heavy atom. The van der Waals surface area contributed by atoms with Gasteiger partial charge in [-0.1, -0.05) is 30.3 Å². The van der Waals surface area contributed by atoms with Gasteiger partial charge in [-0.15, -0.1) is 11.8 Å². The lowest BCUT2D eigenvalue weighted by molar-refractivity contribution is -0.144. The number of ether oxygens (including phenoxy) is 1. The minimum Gasteiger partial charge on any atom is -0.455 e. The predicted octanol–water partition coefficient (Wildman–Crippen LogP) is 3.14. The highest BCUT2D eigenvalue weighted by atomic mass is 32.2. The molecule has 2 aromatic rings. The molecule has 122 valence electrons. The van der Waals surface area contributed by atoms with E-state index in [0.717, 1.165) is 10.5 Å². The molecule has 0 unspecified atom stereocenters. The molecule has 0 aliphatic rings. The molecule has 2 rings (SSSR count). The van der Waals surface area contributed by atoms with Gasteiger partial charge in [0, 0.05) is 4.90 Å². The van der Waals surface area contributed by atoms with Gasteiger partial charge in [-0.2, -0.15) is 5.26 Å². The van der Waals surface area contributed by atoms with E-state index in [1.807, 2.05) is 37.3 Å². The second-order valence-corrected chi connectivity index (χ2v) is 5.94. The number of benzene rings is 2. The number of carbonyl (C=O) groups is 2. The van der Waals surface area contributed by atoms with Crippen LogP contribution in [0.3, 0.4) is 0 Å². The second-order valence-electron chi connectivity index (χ2n) is 4.92. The normalized spacial score (nSPS) is 9.83. The number of anilines is 1. The molecule has 0 aromatic heterocycles. The molecule has 0 aliphatic heterocycles. The van der Waals surface area contributed by atoms with Crippen molar-refractivity contribution in [1.29, 1.82) is 5.26 Å². The van der Waals surface area contributed by atoms with Crippen LogP contribution < -0.4 is 5.32 Å². The Hall–Kier alpha value is -2.78. The number of nitrogens with one attached hydrogen (secondary N) is 1. The van der Waals surface area contributed by atoms with Crippen LogP contribution in [-0.2, 0) is 14.3 Å². The van der Waals surface area contributed by atoms with Gasteiger partial charge in [0.05, 0.1) is 17.0 Å². The minimum atomic E-state index is -0.480. The van der Waals surface area contributed by atoms with Gasteiger partial charge >= 0.3 is 5.97 Å². The molecule has 24 heavy (non-hydrogen) atoms. The summed E-state index contributed by atoms with van der Waals surface area (Å²) in [5, 5.41) is 11.5. The first kappa shape index (κ1) is 17.6. The first-order valence-electron chi connectivity index (χ1n) is 7.23. The Balaban J connectivity index is 1.78. The zero-order chi connectivity index (χ0) is 17.4. The summed E-state index contributed by atoms with van der Waals surface area (Å²) >= 11 is 1.37. The topological polar surface area (TPSA) is 79.2 Å². The molecular formula is C18H16N2O3S. The monoisotopic (exact) mass is 340 g/mol.